The van der Waals surface area contributed by atoms with Crippen LogP contribution in [-0.4, -0.2) is 64.1 Å². The lowest BCUT2D eigenvalue weighted by Gasteiger charge is -2.25. The molecule has 0 aliphatic carbocycles. The van der Waals surface area contributed by atoms with Gasteiger partial charge in [0.25, 0.3) is 5.91 Å². The second-order valence-corrected chi connectivity index (χ2v) is 9.88. The highest BCUT2D eigenvalue weighted by molar-refractivity contribution is 7.89. The van der Waals surface area contributed by atoms with Crippen LogP contribution in [0.1, 0.15) is 34.8 Å². The summed E-state index contributed by atoms with van der Waals surface area (Å²) in [5.74, 6) is 1.16. The van der Waals surface area contributed by atoms with E-state index in [0.717, 1.165) is 18.4 Å². The van der Waals surface area contributed by atoms with Gasteiger partial charge >= 0.3 is 0 Å². The zero-order valence-corrected chi connectivity index (χ0v) is 18.5. The summed E-state index contributed by atoms with van der Waals surface area (Å²) in [5, 5.41) is 2.95. The van der Waals surface area contributed by atoms with Crippen LogP contribution in [0.3, 0.4) is 0 Å². The Bertz CT molecular complexity index is 1050. The predicted octanol–water partition coefficient (Wildman–Crippen LogP) is 2.23. The number of likely N-dealkylation sites (N-methyl/N-ethyl adjacent to an activating group) is 1. The number of nitrogens with one attached hydrogen (secondary N) is 1. The van der Waals surface area contributed by atoms with Gasteiger partial charge in [0.2, 0.25) is 16.8 Å². The molecule has 1 N–H and O–H groups in total. The summed E-state index contributed by atoms with van der Waals surface area (Å²) in [4.78, 5) is 14.9. The van der Waals surface area contributed by atoms with E-state index < -0.39 is 10.0 Å². The van der Waals surface area contributed by atoms with E-state index in [0.29, 0.717) is 36.7 Å². The Balaban J connectivity index is 1.42. The van der Waals surface area contributed by atoms with Crippen molar-refractivity contribution >= 4 is 15.9 Å². The van der Waals surface area contributed by atoms with Crippen LogP contribution in [0.25, 0.3) is 0 Å². The summed E-state index contributed by atoms with van der Waals surface area (Å²) in [6.07, 6.45) is 1.77. The molecular formula is C22H27N3O5S. The minimum atomic E-state index is -3.49. The van der Waals surface area contributed by atoms with Gasteiger partial charge < -0.3 is 19.7 Å². The molecule has 1 amide bonds. The third-order valence-corrected chi connectivity index (χ3v) is 7.59. The molecule has 0 bridgehead atoms. The van der Waals surface area contributed by atoms with E-state index in [4.69, 9.17) is 9.47 Å². The molecule has 0 aromatic heterocycles. The zero-order chi connectivity index (χ0) is 22.0. The Kier molecular flexibility index (Phi) is 6.17. The molecule has 0 radical (unpaired) electrons. The maximum atomic E-state index is 12.7. The molecule has 1 saturated heterocycles. The van der Waals surface area contributed by atoms with Crippen LogP contribution >= 0.6 is 0 Å². The Morgan fingerprint density at radius 2 is 1.74 bits per heavy atom. The van der Waals surface area contributed by atoms with E-state index in [1.54, 1.807) is 12.1 Å². The molecule has 2 aliphatic rings. The quantitative estimate of drug-likeness (QED) is 0.703. The largest absolute Gasteiger partial charge is 0.454 e. The first-order valence-electron chi connectivity index (χ1n) is 10.3. The minimum absolute atomic E-state index is 0.0618. The topological polar surface area (TPSA) is 88.2 Å². The fourth-order valence-corrected chi connectivity index (χ4v) is 5.38. The first kappa shape index (κ1) is 21.6. The maximum Gasteiger partial charge on any atom is 0.251 e. The highest BCUT2D eigenvalue weighted by Crippen LogP contribution is 2.35. The van der Waals surface area contributed by atoms with Crippen molar-refractivity contribution in [3.63, 3.8) is 0 Å². The highest BCUT2D eigenvalue weighted by Gasteiger charge is 2.27. The molecule has 0 saturated carbocycles. The Labute approximate surface area is 182 Å². The molecule has 2 heterocycles. The van der Waals surface area contributed by atoms with Crippen molar-refractivity contribution in [3.8, 4) is 11.5 Å². The number of hydrogen-bond acceptors (Lipinski definition) is 6. The summed E-state index contributed by atoms with van der Waals surface area (Å²) in [5.41, 5.74) is 1.42. The number of benzene rings is 2. The molecule has 1 atom stereocenters. The van der Waals surface area contributed by atoms with Crippen LogP contribution in [0.15, 0.2) is 47.4 Å². The van der Waals surface area contributed by atoms with Crippen molar-refractivity contribution in [1.82, 2.24) is 14.5 Å². The zero-order valence-electron chi connectivity index (χ0n) is 17.7. The van der Waals surface area contributed by atoms with Crippen LogP contribution in [0.2, 0.25) is 0 Å². The maximum absolute atomic E-state index is 12.7. The van der Waals surface area contributed by atoms with Gasteiger partial charge in [0.05, 0.1) is 10.9 Å². The van der Waals surface area contributed by atoms with Crippen LogP contribution in [0.5, 0.6) is 11.5 Å². The van der Waals surface area contributed by atoms with Gasteiger partial charge in [-0.15, -0.1) is 0 Å². The van der Waals surface area contributed by atoms with Crippen LogP contribution in [0.4, 0.5) is 0 Å². The molecule has 8 nitrogen and oxygen atoms in total. The van der Waals surface area contributed by atoms with Crippen molar-refractivity contribution < 1.29 is 22.7 Å². The van der Waals surface area contributed by atoms with Crippen LogP contribution in [0, 0.1) is 0 Å². The number of carbonyl (C=O) groups is 1. The van der Waals surface area contributed by atoms with E-state index in [1.807, 2.05) is 37.2 Å². The van der Waals surface area contributed by atoms with Gasteiger partial charge in [-0.25, -0.2) is 8.42 Å². The molecule has 2 aromatic rings. The Morgan fingerprint density at radius 3 is 2.42 bits per heavy atom. The number of fused-ring (bicyclic) bond motifs is 1. The number of ether oxygens (including phenoxy) is 2. The summed E-state index contributed by atoms with van der Waals surface area (Å²) in [7, 11) is 0.401. The highest BCUT2D eigenvalue weighted by atomic mass is 32.2. The second-order valence-electron chi connectivity index (χ2n) is 7.94. The molecule has 31 heavy (non-hydrogen) atoms. The fourth-order valence-electron chi connectivity index (χ4n) is 3.87. The van der Waals surface area contributed by atoms with Crippen molar-refractivity contribution in [1.29, 1.82) is 0 Å². The average Bonchev–Trinajstić information content (AvgIpc) is 3.45. The summed E-state index contributed by atoms with van der Waals surface area (Å²) in [6, 6.07) is 11.8. The molecule has 9 heteroatoms. The average molecular weight is 446 g/mol. The molecule has 2 aromatic carbocycles. The first-order chi connectivity index (χ1) is 14.9. The van der Waals surface area contributed by atoms with Gasteiger partial charge in [-0.2, -0.15) is 4.31 Å². The minimum Gasteiger partial charge on any atom is -0.454 e. The molecule has 166 valence electrons. The van der Waals surface area contributed by atoms with Gasteiger partial charge in [0.15, 0.2) is 11.5 Å². The molecule has 2 aliphatic heterocycles. The third-order valence-electron chi connectivity index (χ3n) is 5.68. The van der Waals surface area contributed by atoms with Crippen molar-refractivity contribution in [2.75, 3.05) is 40.5 Å². The monoisotopic (exact) mass is 445 g/mol. The smallest absolute Gasteiger partial charge is 0.251 e. The Morgan fingerprint density at radius 1 is 1.06 bits per heavy atom. The van der Waals surface area contributed by atoms with E-state index >= 15 is 0 Å². The fraction of sp³-hybridized carbons (Fsp3) is 0.409. The van der Waals surface area contributed by atoms with E-state index in [-0.39, 0.29) is 23.6 Å². The van der Waals surface area contributed by atoms with Gasteiger partial charge in [-0.1, -0.05) is 6.07 Å². The SMILES string of the molecule is CN(C)[C@H](CNC(=O)c1ccc(S(=O)(=O)N2CCCC2)cc1)c1ccc2c(c1)OCO2. The molecule has 1 fully saturated rings. The molecule has 4 rings (SSSR count). The molecule has 0 spiro atoms. The second kappa shape index (κ2) is 8.86. The van der Waals surface area contributed by atoms with Crippen LogP contribution in [-0.2, 0) is 10.0 Å². The lowest BCUT2D eigenvalue weighted by atomic mass is 10.0. The Hall–Kier alpha value is -2.62. The normalized spacial score (nSPS) is 17.1. The van der Waals surface area contributed by atoms with Gasteiger partial charge in [0, 0.05) is 25.2 Å². The van der Waals surface area contributed by atoms with Crippen LogP contribution < -0.4 is 14.8 Å². The van der Waals surface area contributed by atoms with E-state index in [2.05, 4.69) is 5.32 Å². The van der Waals surface area contributed by atoms with E-state index in [9.17, 15) is 13.2 Å². The van der Waals surface area contributed by atoms with Crippen molar-refractivity contribution in [2.45, 2.75) is 23.8 Å². The van der Waals surface area contributed by atoms with Gasteiger partial charge in [0.1, 0.15) is 0 Å². The van der Waals surface area contributed by atoms with Crippen molar-refractivity contribution in [3.05, 3.63) is 53.6 Å². The first-order valence-corrected chi connectivity index (χ1v) is 11.7. The van der Waals surface area contributed by atoms with Crippen molar-refractivity contribution in [2.24, 2.45) is 0 Å². The number of hydrogen-bond donors (Lipinski definition) is 1. The number of carbonyl (C=O) groups excluding carboxylic acids is 1. The lowest BCUT2D eigenvalue weighted by molar-refractivity contribution is 0.0942. The number of amides is 1. The summed E-state index contributed by atoms with van der Waals surface area (Å²) in [6.45, 7) is 1.71. The standard InChI is InChI=1S/C22H27N3O5S/c1-24(2)19(17-7-10-20-21(13-17)30-15-29-20)14-23-22(26)16-5-8-18(9-6-16)31(27,28)25-11-3-4-12-25/h5-10,13,19H,3-4,11-12,14-15H2,1-2H3,(H,23,26)/t19-/m1/s1. The number of nitrogens with zero attached hydrogens (tertiary/aromatic N) is 2. The lowest BCUT2D eigenvalue weighted by Crippen LogP contribution is -2.34. The molecular weight excluding hydrogens is 418 g/mol. The van der Waals surface area contributed by atoms with Gasteiger partial charge in [-0.05, 0) is 68.9 Å². The van der Waals surface area contributed by atoms with E-state index in [1.165, 1.54) is 16.4 Å². The van der Waals surface area contributed by atoms with Gasteiger partial charge in [-0.3, -0.25) is 4.79 Å². The third kappa shape index (κ3) is 4.53. The summed E-state index contributed by atoms with van der Waals surface area (Å²) >= 11 is 0. The molecule has 0 unspecified atom stereocenters. The predicted molar refractivity (Wildman–Crippen MR) is 116 cm³/mol. The number of rotatable bonds is 7. The number of sulfonamides is 1. The summed E-state index contributed by atoms with van der Waals surface area (Å²) < 4.78 is 37.6.